The molecule has 0 aliphatic carbocycles. The zero-order chi connectivity index (χ0) is 21.1. The van der Waals surface area contributed by atoms with Gasteiger partial charge in [0.25, 0.3) is 0 Å². The second-order valence-corrected chi connectivity index (χ2v) is 7.88. The number of nitrogens with one attached hydrogen (secondary N) is 1. The van der Waals surface area contributed by atoms with Crippen molar-refractivity contribution in [2.75, 3.05) is 6.61 Å². The minimum Gasteiger partial charge on any atom is -0.504 e. The highest BCUT2D eigenvalue weighted by Gasteiger charge is 2.28. The van der Waals surface area contributed by atoms with Crippen LogP contribution in [0.1, 0.15) is 47.8 Å². The standard InChI is InChI=1S/C25H25ClN2O2/c1-3-30-23-6-4-5-20(24(23)29)22-15-21(17-9-7-16(2)8-10-17)27-25(28-22)18-11-13-19(26)14-12-18/h4-14,22,25,28-29H,3,15H2,1-2H3. The van der Waals surface area contributed by atoms with Crippen LogP contribution < -0.4 is 10.1 Å². The van der Waals surface area contributed by atoms with E-state index in [1.807, 2.05) is 43.3 Å². The van der Waals surface area contributed by atoms with Crippen LogP contribution in [0, 0.1) is 6.92 Å². The van der Waals surface area contributed by atoms with Gasteiger partial charge in [0.1, 0.15) is 6.17 Å². The van der Waals surface area contributed by atoms with Crippen LogP contribution >= 0.6 is 11.6 Å². The molecule has 0 radical (unpaired) electrons. The van der Waals surface area contributed by atoms with E-state index in [1.165, 1.54) is 5.56 Å². The van der Waals surface area contributed by atoms with E-state index in [-0.39, 0.29) is 18.0 Å². The molecule has 2 N–H and O–H groups in total. The van der Waals surface area contributed by atoms with Gasteiger partial charge in [-0.15, -0.1) is 0 Å². The zero-order valence-electron chi connectivity index (χ0n) is 17.1. The highest BCUT2D eigenvalue weighted by atomic mass is 35.5. The van der Waals surface area contributed by atoms with E-state index in [2.05, 4.69) is 36.5 Å². The average molecular weight is 421 g/mol. The fourth-order valence-electron chi connectivity index (χ4n) is 3.74. The number of aryl methyl sites for hydroxylation is 1. The van der Waals surface area contributed by atoms with Crippen LogP contribution in [0.3, 0.4) is 0 Å². The van der Waals surface area contributed by atoms with Crippen molar-refractivity contribution in [3.05, 3.63) is 94.0 Å². The van der Waals surface area contributed by atoms with E-state index in [1.54, 1.807) is 6.07 Å². The number of rotatable bonds is 5. The van der Waals surface area contributed by atoms with Crippen LogP contribution in [-0.4, -0.2) is 17.4 Å². The quantitative estimate of drug-likeness (QED) is 0.534. The molecule has 0 fully saturated rings. The molecule has 0 spiro atoms. The Hall–Kier alpha value is -2.82. The summed E-state index contributed by atoms with van der Waals surface area (Å²) in [6, 6.07) is 21.6. The molecule has 0 bridgehead atoms. The topological polar surface area (TPSA) is 53.8 Å². The first-order chi connectivity index (χ1) is 14.5. The fraction of sp³-hybridized carbons (Fsp3) is 0.240. The van der Waals surface area contributed by atoms with E-state index in [0.29, 0.717) is 23.8 Å². The number of aliphatic imine (C=N–C) groups is 1. The van der Waals surface area contributed by atoms with Gasteiger partial charge < -0.3 is 9.84 Å². The molecule has 1 aliphatic rings. The lowest BCUT2D eigenvalue weighted by molar-refractivity contribution is 0.313. The van der Waals surface area contributed by atoms with Crippen molar-refractivity contribution >= 4 is 17.3 Å². The van der Waals surface area contributed by atoms with Gasteiger partial charge in [-0.05, 0) is 43.2 Å². The maximum atomic E-state index is 10.8. The van der Waals surface area contributed by atoms with Gasteiger partial charge in [0.15, 0.2) is 11.5 Å². The first-order valence-corrected chi connectivity index (χ1v) is 10.5. The van der Waals surface area contributed by atoms with Gasteiger partial charge in [-0.25, -0.2) is 0 Å². The second kappa shape index (κ2) is 8.90. The number of phenols is 1. The Morgan fingerprint density at radius 1 is 1.07 bits per heavy atom. The van der Waals surface area contributed by atoms with Crippen molar-refractivity contribution in [3.63, 3.8) is 0 Å². The molecule has 4 rings (SSSR count). The molecule has 1 heterocycles. The Kier molecular flexibility index (Phi) is 6.07. The number of aromatic hydroxyl groups is 1. The number of halogens is 1. The smallest absolute Gasteiger partial charge is 0.162 e. The third-order valence-electron chi connectivity index (χ3n) is 5.32. The molecule has 3 aromatic carbocycles. The fourth-order valence-corrected chi connectivity index (χ4v) is 3.86. The van der Waals surface area contributed by atoms with E-state index in [9.17, 15) is 5.11 Å². The third-order valence-corrected chi connectivity index (χ3v) is 5.57. The molecular formula is C25H25ClN2O2. The highest BCUT2D eigenvalue weighted by Crippen LogP contribution is 2.39. The summed E-state index contributed by atoms with van der Waals surface area (Å²) in [4.78, 5) is 5.00. The van der Waals surface area contributed by atoms with Crippen LogP contribution in [0.5, 0.6) is 11.5 Å². The number of nitrogens with zero attached hydrogens (tertiary/aromatic N) is 1. The molecule has 0 saturated carbocycles. The summed E-state index contributed by atoms with van der Waals surface area (Å²) in [7, 11) is 0. The highest BCUT2D eigenvalue weighted by molar-refractivity contribution is 6.30. The summed E-state index contributed by atoms with van der Waals surface area (Å²) in [6.45, 7) is 4.48. The SMILES string of the molecule is CCOc1cccc(C2CC(c3ccc(C)cc3)=NC(c3ccc(Cl)cc3)N2)c1O. The van der Waals surface area contributed by atoms with Crippen molar-refractivity contribution in [3.8, 4) is 11.5 Å². The number of hydrogen-bond donors (Lipinski definition) is 2. The van der Waals surface area contributed by atoms with Gasteiger partial charge in [0.05, 0.1) is 6.61 Å². The Balaban J connectivity index is 1.74. The number of benzene rings is 3. The van der Waals surface area contributed by atoms with Gasteiger partial charge in [0.2, 0.25) is 0 Å². The first-order valence-electron chi connectivity index (χ1n) is 10.1. The van der Waals surface area contributed by atoms with Gasteiger partial charge >= 0.3 is 0 Å². The Morgan fingerprint density at radius 2 is 1.80 bits per heavy atom. The first kappa shape index (κ1) is 20.5. The Bertz CT molecular complexity index is 1050. The summed E-state index contributed by atoms with van der Waals surface area (Å²) in [5.74, 6) is 0.677. The molecule has 4 nitrogen and oxygen atoms in total. The van der Waals surface area contributed by atoms with Crippen LogP contribution in [0.25, 0.3) is 0 Å². The minimum atomic E-state index is -0.243. The molecule has 2 unspecified atom stereocenters. The molecule has 154 valence electrons. The molecule has 30 heavy (non-hydrogen) atoms. The third kappa shape index (κ3) is 4.35. The van der Waals surface area contributed by atoms with Gasteiger partial charge in [-0.2, -0.15) is 0 Å². The number of ether oxygens (including phenoxy) is 1. The van der Waals surface area contributed by atoms with Gasteiger partial charge in [-0.1, -0.05) is 65.7 Å². The van der Waals surface area contributed by atoms with Crippen molar-refractivity contribution in [2.45, 2.75) is 32.5 Å². The predicted octanol–water partition coefficient (Wildman–Crippen LogP) is 5.98. The summed E-state index contributed by atoms with van der Waals surface area (Å²) in [6.07, 6.45) is 0.420. The minimum absolute atomic E-state index is 0.111. The van der Waals surface area contributed by atoms with E-state index >= 15 is 0 Å². The molecule has 0 amide bonds. The Labute approximate surface area is 182 Å². The molecule has 0 saturated heterocycles. The van der Waals surface area contributed by atoms with Crippen molar-refractivity contribution in [1.82, 2.24) is 5.32 Å². The van der Waals surface area contributed by atoms with Crippen molar-refractivity contribution in [1.29, 1.82) is 0 Å². The number of phenolic OH excluding ortho intramolecular Hbond substituents is 1. The second-order valence-electron chi connectivity index (χ2n) is 7.45. The lowest BCUT2D eigenvalue weighted by Crippen LogP contribution is -2.33. The molecule has 0 aromatic heterocycles. The molecule has 5 heteroatoms. The normalized spacial score (nSPS) is 18.7. The molecule has 1 aliphatic heterocycles. The van der Waals surface area contributed by atoms with Gasteiger partial charge in [0, 0.05) is 28.8 Å². The predicted molar refractivity (Wildman–Crippen MR) is 122 cm³/mol. The molecule has 2 atom stereocenters. The summed E-state index contributed by atoms with van der Waals surface area (Å²) in [5.41, 5.74) is 5.13. The maximum Gasteiger partial charge on any atom is 0.162 e. The number of para-hydroxylation sites is 1. The Morgan fingerprint density at radius 3 is 2.50 bits per heavy atom. The maximum absolute atomic E-state index is 10.8. The zero-order valence-corrected chi connectivity index (χ0v) is 17.9. The lowest BCUT2D eigenvalue weighted by Gasteiger charge is -2.31. The molecular weight excluding hydrogens is 396 g/mol. The van der Waals surface area contributed by atoms with Crippen molar-refractivity contribution < 1.29 is 9.84 Å². The van der Waals surface area contributed by atoms with E-state index < -0.39 is 0 Å². The summed E-state index contributed by atoms with van der Waals surface area (Å²) >= 11 is 6.08. The van der Waals surface area contributed by atoms with Gasteiger partial charge in [-0.3, -0.25) is 10.3 Å². The van der Waals surface area contributed by atoms with Crippen LogP contribution in [0.15, 0.2) is 71.7 Å². The monoisotopic (exact) mass is 420 g/mol. The number of hydrogen-bond acceptors (Lipinski definition) is 4. The van der Waals surface area contributed by atoms with Crippen LogP contribution in [-0.2, 0) is 0 Å². The largest absolute Gasteiger partial charge is 0.504 e. The average Bonchev–Trinajstić information content (AvgIpc) is 2.76. The molecule has 3 aromatic rings. The van der Waals surface area contributed by atoms with E-state index in [0.717, 1.165) is 22.4 Å². The van der Waals surface area contributed by atoms with Crippen LogP contribution in [0.4, 0.5) is 0 Å². The lowest BCUT2D eigenvalue weighted by atomic mass is 9.93. The summed E-state index contributed by atoms with van der Waals surface area (Å²) in [5, 5.41) is 15.1. The van der Waals surface area contributed by atoms with E-state index in [4.69, 9.17) is 21.3 Å². The van der Waals surface area contributed by atoms with Crippen molar-refractivity contribution in [2.24, 2.45) is 4.99 Å². The van der Waals surface area contributed by atoms with Crippen LogP contribution in [0.2, 0.25) is 5.02 Å². The summed E-state index contributed by atoms with van der Waals surface area (Å²) < 4.78 is 5.59.